The molecule has 0 unspecified atom stereocenters. The molecule has 6 nitrogen and oxygen atoms in total. The fourth-order valence-electron chi connectivity index (χ4n) is 2.96. The Morgan fingerprint density at radius 3 is 2.50 bits per heavy atom. The zero-order valence-corrected chi connectivity index (χ0v) is 19.3. The third kappa shape index (κ3) is 6.64. The van der Waals surface area contributed by atoms with E-state index in [9.17, 15) is 28.1 Å². The van der Waals surface area contributed by atoms with E-state index >= 15 is 0 Å². The van der Waals surface area contributed by atoms with Crippen molar-refractivity contribution in [3.63, 3.8) is 0 Å². The highest BCUT2D eigenvalue weighted by molar-refractivity contribution is 7.98. The molecule has 0 fully saturated rings. The minimum Gasteiger partial charge on any atom is -0.483 e. The molecule has 0 saturated carbocycles. The lowest BCUT2D eigenvalue weighted by molar-refractivity contribution is -0.385. The third-order valence-electron chi connectivity index (χ3n) is 4.63. The Balaban J connectivity index is 2.06. The number of nitrogens with zero attached hydrogens (tertiary/aromatic N) is 1. The molecule has 3 aromatic rings. The molecule has 0 heterocycles. The zero-order chi connectivity index (χ0) is 24.9. The number of alkyl halides is 3. The number of benzene rings is 3. The maximum Gasteiger partial charge on any atom is 0.422 e. The van der Waals surface area contributed by atoms with Crippen LogP contribution in [-0.2, 0) is 5.75 Å². The molecule has 11 heteroatoms. The van der Waals surface area contributed by atoms with Crippen LogP contribution in [0.1, 0.15) is 21.5 Å². The second kappa shape index (κ2) is 10.8. The molecule has 0 bridgehead atoms. The number of rotatable bonds is 8. The van der Waals surface area contributed by atoms with E-state index in [1.165, 1.54) is 0 Å². The summed E-state index contributed by atoms with van der Waals surface area (Å²) in [5, 5.41) is 14.4. The summed E-state index contributed by atoms with van der Waals surface area (Å²) in [6.45, 7) is -0.0483. The molecule has 0 aliphatic rings. The summed E-state index contributed by atoms with van der Waals surface area (Å²) in [6.07, 6.45) is -4.71. The highest BCUT2D eigenvalue weighted by atomic mass is 35.5. The zero-order valence-electron chi connectivity index (χ0n) is 17.7. The molecule has 0 spiro atoms. The Hall–Kier alpha value is -3.24. The lowest BCUT2D eigenvalue weighted by atomic mass is 10.1. The minimum atomic E-state index is -4.71. The number of non-ortho nitro benzene ring substituents is 1. The standard InChI is InChI=1S/C23H18ClF3N2O4S/c1-14-17(24)8-5-9-18(14)28-22(30)21-19(33-13-23(25,26)27)10-16(29(31)32)11-20(21)34-12-15-6-3-2-4-7-15/h2-11H,12-13H2,1H3,(H,28,30). The van der Waals surface area contributed by atoms with Crippen molar-refractivity contribution < 1.29 is 27.6 Å². The van der Waals surface area contributed by atoms with Gasteiger partial charge in [-0.3, -0.25) is 14.9 Å². The van der Waals surface area contributed by atoms with Gasteiger partial charge < -0.3 is 10.1 Å². The summed E-state index contributed by atoms with van der Waals surface area (Å²) in [6, 6.07) is 15.8. The summed E-state index contributed by atoms with van der Waals surface area (Å²) in [5.41, 5.74) is 1.01. The van der Waals surface area contributed by atoms with Crippen LogP contribution >= 0.6 is 23.4 Å². The Labute approximate surface area is 202 Å². The smallest absolute Gasteiger partial charge is 0.422 e. The first kappa shape index (κ1) is 25.4. The highest BCUT2D eigenvalue weighted by Gasteiger charge is 2.31. The average molecular weight is 511 g/mol. The molecule has 0 aromatic heterocycles. The van der Waals surface area contributed by atoms with Crippen LogP contribution in [-0.4, -0.2) is 23.6 Å². The molecule has 0 aliphatic carbocycles. The van der Waals surface area contributed by atoms with Gasteiger partial charge in [0.2, 0.25) is 0 Å². The lowest BCUT2D eigenvalue weighted by Crippen LogP contribution is -2.22. The van der Waals surface area contributed by atoms with Crippen LogP contribution in [0.4, 0.5) is 24.5 Å². The molecule has 3 aromatic carbocycles. The van der Waals surface area contributed by atoms with E-state index in [-0.39, 0.29) is 10.5 Å². The summed E-state index contributed by atoms with van der Waals surface area (Å²) in [7, 11) is 0. The second-order valence-electron chi connectivity index (χ2n) is 7.12. The van der Waals surface area contributed by atoms with Gasteiger partial charge in [0.25, 0.3) is 11.6 Å². The molecule has 34 heavy (non-hydrogen) atoms. The number of nitro benzene ring substituents is 1. The Kier molecular flexibility index (Phi) is 8.06. The maximum atomic E-state index is 13.2. The van der Waals surface area contributed by atoms with Crippen LogP contribution < -0.4 is 10.1 Å². The van der Waals surface area contributed by atoms with Gasteiger partial charge >= 0.3 is 6.18 Å². The topological polar surface area (TPSA) is 81.5 Å². The number of amides is 1. The van der Waals surface area contributed by atoms with Crippen LogP contribution in [0, 0.1) is 17.0 Å². The number of halogens is 4. The molecule has 3 rings (SSSR count). The Bertz CT molecular complexity index is 1210. The van der Waals surface area contributed by atoms with Crippen molar-refractivity contribution in [3.8, 4) is 5.75 Å². The predicted octanol–water partition coefficient (Wildman–Crippen LogP) is 7.04. The van der Waals surface area contributed by atoms with E-state index < -0.39 is 35.1 Å². The monoisotopic (exact) mass is 510 g/mol. The average Bonchev–Trinajstić information content (AvgIpc) is 2.79. The van der Waals surface area contributed by atoms with Crippen LogP contribution in [0.5, 0.6) is 5.75 Å². The van der Waals surface area contributed by atoms with Crippen molar-refractivity contribution in [2.45, 2.75) is 23.7 Å². The molecule has 1 N–H and O–H groups in total. The fourth-order valence-corrected chi connectivity index (χ4v) is 4.19. The lowest BCUT2D eigenvalue weighted by Gasteiger charge is -2.17. The maximum absolute atomic E-state index is 13.2. The number of carbonyl (C=O) groups is 1. The molecular formula is C23H18ClF3N2O4S. The SMILES string of the molecule is Cc1c(Cl)cccc1NC(=O)c1c(OCC(F)(F)F)cc([N+](=O)[O-])cc1SCc1ccccc1. The number of carbonyl (C=O) groups excluding carboxylic acids is 1. The summed E-state index contributed by atoms with van der Waals surface area (Å²) < 4.78 is 43.5. The van der Waals surface area contributed by atoms with Crippen molar-refractivity contribution in [1.29, 1.82) is 0 Å². The molecule has 178 valence electrons. The Morgan fingerprint density at radius 2 is 1.85 bits per heavy atom. The van der Waals surface area contributed by atoms with Gasteiger partial charge in [0.1, 0.15) is 5.75 Å². The Morgan fingerprint density at radius 1 is 1.15 bits per heavy atom. The number of anilines is 1. The summed E-state index contributed by atoms with van der Waals surface area (Å²) in [5.74, 6) is -1.01. The third-order valence-corrected chi connectivity index (χ3v) is 6.15. The van der Waals surface area contributed by atoms with E-state index in [2.05, 4.69) is 5.32 Å². The van der Waals surface area contributed by atoms with Gasteiger partial charge in [-0.1, -0.05) is 48.0 Å². The quantitative estimate of drug-likeness (QED) is 0.199. The number of nitro groups is 1. The summed E-state index contributed by atoms with van der Waals surface area (Å²) >= 11 is 7.17. The number of thioether (sulfide) groups is 1. The van der Waals surface area contributed by atoms with Gasteiger partial charge in [0.05, 0.1) is 16.6 Å². The van der Waals surface area contributed by atoms with Crippen LogP contribution in [0.15, 0.2) is 65.6 Å². The van der Waals surface area contributed by atoms with E-state index in [1.807, 2.05) is 18.2 Å². The first-order valence-electron chi connectivity index (χ1n) is 9.80. The van der Waals surface area contributed by atoms with E-state index in [1.54, 1.807) is 37.3 Å². The van der Waals surface area contributed by atoms with E-state index in [0.717, 1.165) is 29.5 Å². The predicted molar refractivity (Wildman–Crippen MR) is 125 cm³/mol. The second-order valence-corrected chi connectivity index (χ2v) is 8.54. The van der Waals surface area contributed by atoms with Gasteiger partial charge in [-0.05, 0) is 30.2 Å². The van der Waals surface area contributed by atoms with Crippen molar-refractivity contribution in [3.05, 3.63) is 92.5 Å². The minimum absolute atomic E-state index is 0.104. The molecule has 0 saturated heterocycles. The summed E-state index contributed by atoms with van der Waals surface area (Å²) in [4.78, 5) is 24.0. The van der Waals surface area contributed by atoms with Crippen LogP contribution in [0.3, 0.4) is 0 Å². The van der Waals surface area contributed by atoms with Gasteiger partial charge in [-0.2, -0.15) is 13.2 Å². The van der Waals surface area contributed by atoms with E-state index in [0.29, 0.717) is 22.0 Å². The largest absolute Gasteiger partial charge is 0.483 e. The van der Waals surface area contributed by atoms with Crippen molar-refractivity contribution in [1.82, 2.24) is 0 Å². The fraction of sp³-hybridized carbons (Fsp3) is 0.174. The highest BCUT2D eigenvalue weighted by Crippen LogP contribution is 2.38. The van der Waals surface area contributed by atoms with Gasteiger partial charge in [0, 0.05) is 27.4 Å². The van der Waals surface area contributed by atoms with Crippen LogP contribution in [0.2, 0.25) is 5.02 Å². The van der Waals surface area contributed by atoms with Crippen molar-refractivity contribution in [2.24, 2.45) is 0 Å². The molecule has 1 amide bonds. The first-order chi connectivity index (χ1) is 16.0. The molecular weight excluding hydrogens is 493 g/mol. The van der Waals surface area contributed by atoms with Gasteiger partial charge in [0.15, 0.2) is 6.61 Å². The first-order valence-corrected chi connectivity index (χ1v) is 11.2. The number of hydrogen-bond donors (Lipinski definition) is 1. The van der Waals surface area contributed by atoms with E-state index in [4.69, 9.17) is 16.3 Å². The number of hydrogen-bond acceptors (Lipinski definition) is 5. The van der Waals surface area contributed by atoms with Gasteiger partial charge in [-0.15, -0.1) is 11.8 Å². The van der Waals surface area contributed by atoms with Gasteiger partial charge in [-0.25, -0.2) is 0 Å². The normalized spacial score (nSPS) is 11.2. The van der Waals surface area contributed by atoms with Crippen molar-refractivity contribution >= 4 is 40.6 Å². The molecule has 0 atom stereocenters. The van der Waals surface area contributed by atoms with Crippen molar-refractivity contribution in [2.75, 3.05) is 11.9 Å². The number of ether oxygens (including phenoxy) is 1. The number of nitrogens with one attached hydrogen (secondary N) is 1. The van der Waals surface area contributed by atoms with Crippen LogP contribution in [0.25, 0.3) is 0 Å². The molecule has 0 aliphatic heterocycles. The molecule has 0 radical (unpaired) electrons.